The monoisotopic (exact) mass is 322 g/mol. The molecule has 1 aromatic heterocycles. The normalized spacial score (nSPS) is 17.6. The topological polar surface area (TPSA) is 24.5 Å². The third-order valence-electron chi connectivity index (χ3n) is 3.82. The highest BCUT2D eigenvalue weighted by Crippen LogP contribution is 2.35. The third-order valence-corrected chi connectivity index (χ3v) is 5.06. The van der Waals surface area contributed by atoms with Gasteiger partial charge in [-0.3, -0.25) is 4.90 Å². The summed E-state index contributed by atoms with van der Waals surface area (Å²) >= 11 is 7.97. The molecule has 0 aliphatic carbocycles. The summed E-state index contributed by atoms with van der Waals surface area (Å²) < 4.78 is 5.38. The SMILES string of the molecule is COc1cc([C@H](c2cccs2)N2CCNCC2)ccc1Cl. The van der Waals surface area contributed by atoms with Crippen molar-refractivity contribution in [2.45, 2.75) is 6.04 Å². The number of rotatable bonds is 4. The van der Waals surface area contributed by atoms with Crippen molar-refractivity contribution in [1.82, 2.24) is 10.2 Å². The molecule has 1 aliphatic rings. The van der Waals surface area contributed by atoms with E-state index in [1.54, 1.807) is 18.4 Å². The fourth-order valence-corrected chi connectivity index (χ4v) is 3.87. The van der Waals surface area contributed by atoms with E-state index in [1.165, 1.54) is 10.4 Å². The summed E-state index contributed by atoms with van der Waals surface area (Å²) in [6.07, 6.45) is 0. The molecule has 1 atom stereocenters. The Hall–Kier alpha value is -1.07. The molecule has 1 N–H and O–H groups in total. The van der Waals surface area contributed by atoms with E-state index in [-0.39, 0.29) is 6.04 Å². The van der Waals surface area contributed by atoms with Crippen molar-refractivity contribution in [2.24, 2.45) is 0 Å². The first kappa shape index (κ1) is 14.9. The van der Waals surface area contributed by atoms with Crippen molar-refractivity contribution in [1.29, 1.82) is 0 Å². The van der Waals surface area contributed by atoms with Gasteiger partial charge in [-0.15, -0.1) is 11.3 Å². The van der Waals surface area contributed by atoms with Gasteiger partial charge in [-0.25, -0.2) is 0 Å². The molecule has 1 aliphatic heterocycles. The van der Waals surface area contributed by atoms with Crippen LogP contribution in [0.3, 0.4) is 0 Å². The zero-order chi connectivity index (χ0) is 14.7. The molecule has 2 heterocycles. The Balaban J connectivity index is 1.98. The molecule has 5 heteroatoms. The lowest BCUT2D eigenvalue weighted by Gasteiger charge is -2.35. The first-order chi connectivity index (χ1) is 10.3. The van der Waals surface area contributed by atoms with Crippen molar-refractivity contribution < 1.29 is 4.74 Å². The maximum absolute atomic E-state index is 6.17. The summed E-state index contributed by atoms with van der Waals surface area (Å²) in [5.74, 6) is 0.742. The molecule has 0 radical (unpaired) electrons. The first-order valence-electron chi connectivity index (χ1n) is 7.11. The highest BCUT2D eigenvalue weighted by Gasteiger charge is 2.25. The maximum atomic E-state index is 6.17. The Labute approximate surface area is 134 Å². The molecule has 0 saturated carbocycles. The fourth-order valence-electron chi connectivity index (χ4n) is 2.79. The van der Waals surface area contributed by atoms with Crippen LogP contribution >= 0.6 is 22.9 Å². The van der Waals surface area contributed by atoms with E-state index < -0.39 is 0 Å². The largest absolute Gasteiger partial charge is 0.495 e. The standard InChI is InChI=1S/C16H19ClN2OS/c1-20-14-11-12(4-5-13(14)17)16(15-3-2-10-21-15)19-8-6-18-7-9-19/h2-5,10-11,16,18H,6-9H2,1H3/t16-/m1/s1. The number of ether oxygens (including phenoxy) is 1. The van der Waals surface area contributed by atoms with Gasteiger partial charge in [-0.2, -0.15) is 0 Å². The Morgan fingerprint density at radius 2 is 2.10 bits per heavy atom. The van der Waals surface area contributed by atoms with Gasteiger partial charge in [0.1, 0.15) is 5.75 Å². The average molecular weight is 323 g/mol. The van der Waals surface area contributed by atoms with Gasteiger partial charge in [0.2, 0.25) is 0 Å². The Morgan fingerprint density at radius 1 is 1.29 bits per heavy atom. The second-order valence-corrected chi connectivity index (χ2v) is 6.48. The maximum Gasteiger partial charge on any atom is 0.137 e. The van der Waals surface area contributed by atoms with Crippen LogP contribution in [0.1, 0.15) is 16.5 Å². The van der Waals surface area contributed by atoms with E-state index in [1.807, 2.05) is 6.07 Å². The predicted octanol–water partition coefficient (Wildman–Crippen LogP) is 3.40. The molecular formula is C16H19ClN2OS. The molecule has 1 saturated heterocycles. The summed E-state index contributed by atoms with van der Waals surface area (Å²) in [6.45, 7) is 4.17. The molecule has 1 aromatic carbocycles. The molecule has 0 spiro atoms. The van der Waals surface area contributed by atoms with Crippen LogP contribution in [0.15, 0.2) is 35.7 Å². The molecule has 0 unspecified atom stereocenters. The van der Waals surface area contributed by atoms with E-state index in [0.29, 0.717) is 5.02 Å². The smallest absolute Gasteiger partial charge is 0.137 e. The average Bonchev–Trinajstić information content (AvgIpc) is 3.04. The lowest BCUT2D eigenvalue weighted by Crippen LogP contribution is -2.45. The first-order valence-corrected chi connectivity index (χ1v) is 8.37. The van der Waals surface area contributed by atoms with E-state index >= 15 is 0 Å². The van der Waals surface area contributed by atoms with Gasteiger partial charge in [0.15, 0.2) is 0 Å². The van der Waals surface area contributed by atoms with Gasteiger partial charge in [0.25, 0.3) is 0 Å². The van der Waals surface area contributed by atoms with Crippen LogP contribution in [0.5, 0.6) is 5.75 Å². The number of benzene rings is 1. The quantitative estimate of drug-likeness (QED) is 0.933. The van der Waals surface area contributed by atoms with Crippen molar-refractivity contribution in [3.63, 3.8) is 0 Å². The van der Waals surface area contributed by atoms with Crippen LogP contribution in [-0.4, -0.2) is 38.2 Å². The molecule has 3 rings (SSSR count). The molecule has 0 amide bonds. The number of piperazine rings is 1. The number of halogens is 1. The van der Waals surface area contributed by atoms with E-state index in [4.69, 9.17) is 16.3 Å². The Kier molecular flexibility index (Phi) is 4.80. The van der Waals surface area contributed by atoms with Crippen LogP contribution in [0.4, 0.5) is 0 Å². The molecule has 21 heavy (non-hydrogen) atoms. The Bertz CT molecular complexity index is 582. The molecular weight excluding hydrogens is 304 g/mol. The zero-order valence-electron chi connectivity index (χ0n) is 12.0. The van der Waals surface area contributed by atoms with Gasteiger partial charge < -0.3 is 10.1 Å². The molecule has 1 fully saturated rings. The van der Waals surface area contributed by atoms with Crippen LogP contribution < -0.4 is 10.1 Å². The summed E-state index contributed by atoms with van der Waals surface area (Å²) in [5.41, 5.74) is 1.24. The summed E-state index contributed by atoms with van der Waals surface area (Å²) in [4.78, 5) is 3.88. The molecule has 3 nitrogen and oxygen atoms in total. The molecule has 112 valence electrons. The van der Waals surface area contributed by atoms with Crippen molar-refractivity contribution >= 4 is 22.9 Å². The minimum absolute atomic E-state index is 0.276. The van der Waals surface area contributed by atoms with E-state index in [2.05, 4.69) is 39.9 Å². The van der Waals surface area contributed by atoms with Gasteiger partial charge in [0.05, 0.1) is 18.2 Å². The van der Waals surface area contributed by atoms with Gasteiger partial charge in [0, 0.05) is 31.1 Å². The summed E-state index contributed by atoms with van der Waals surface area (Å²) in [6, 6.07) is 10.7. The van der Waals surface area contributed by atoms with Crippen LogP contribution in [0.2, 0.25) is 5.02 Å². The minimum atomic E-state index is 0.276. The Morgan fingerprint density at radius 3 is 2.76 bits per heavy atom. The van der Waals surface area contributed by atoms with Crippen LogP contribution in [0.25, 0.3) is 0 Å². The minimum Gasteiger partial charge on any atom is -0.495 e. The van der Waals surface area contributed by atoms with Gasteiger partial charge >= 0.3 is 0 Å². The summed E-state index contributed by atoms with van der Waals surface area (Å²) in [5, 5.41) is 6.21. The van der Waals surface area contributed by atoms with Crippen molar-refractivity contribution in [3.8, 4) is 5.75 Å². The molecule has 2 aromatic rings. The number of thiophene rings is 1. The third kappa shape index (κ3) is 3.24. The van der Waals surface area contributed by atoms with Gasteiger partial charge in [-0.1, -0.05) is 23.7 Å². The fraction of sp³-hybridized carbons (Fsp3) is 0.375. The van der Waals surface area contributed by atoms with Crippen molar-refractivity contribution in [2.75, 3.05) is 33.3 Å². The second-order valence-electron chi connectivity index (χ2n) is 5.10. The summed E-state index contributed by atoms with van der Waals surface area (Å²) in [7, 11) is 1.66. The zero-order valence-corrected chi connectivity index (χ0v) is 13.6. The number of nitrogens with one attached hydrogen (secondary N) is 1. The van der Waals surface area contributed by atoms with Crippen LogP contribution in [-0.2, 0) is 0 Å². The van der Waals surface area contributed by atoms with E-state index in [9.17, 15) is 0 Å². The van der Waals surface area contributed by atoms with Crippen LogP contribution in [0, 0.1) is 0 Å². The predicted molar refractivity (Wildman–Crippen MR) is 88.6 cm³/mol. The second kappa shape index (κ2) is 6.79. The number of hydrogen-bond acceptors (Lipinski definition) is 4. The number of methoxy groups -OCH3 is 1. The lowest BCUT2D eigenvalue weighted by atomic mass is 10.0. The highest BCUT2D eigenvalue weighted by atomic mass is 35.5. The number of hydrogen-bond donors (Lipinski definition) is 1. The lowest BCUT2D eigenvalue weighted by molar-refractivity contribution is 0.200. The number of nitrogens with zero attached hydrogens (tertiary/aromatic N) is 1. The van der Waals surface area contributed by atoms with E-state index in [0.717, 1.165) is 31.9 Å². The highest BCUT2D eigenvalue weighted by molar-refractivity contribution is 7.10. The van der Waals surface area contributed by atoms with Crippen molar-refractivity contribution in [3.05, 3.63) is 51.2 Å². The molecule has 0 bridgehead atoms. The van der Waals surface area contributed by atoms with Gasteiger partial charge in [-0.05, 0) is 29.1 Å².